The number of hydrogen-bond donors (Lipinski definition) is 1. The molecule has 1 fully saturated rings. The Balaban J connectivity index is 1.66. The van der Waals surface area contributed by atoms with Gasteiger partial charge in [0.15, 0.2) is 11.3 Å². The molecular weight excluding hydrogens is 421 g/mol. The third-order valence-electron chi connectivity index (χ3n) is 5.69. The Labute approximate surface area is 182 Å². The molecule has 9 heteroatoms. The number of rotatable bonds is 5. The minimum atomic E-state index is -4.48. The van der Waals surface area contributed by atoms with Gasteiger partial charge in [-0.25, -0.2) is 9.97 Å². The van der Waals surface area contributed by atoms with Crippen LogP contribution in [0.15, 0.2) is 41.5 Å². The smallest absolute Gasteiger partial charge is 0.314 e. The molecular formula is C23H23F3N4O2. The second-order valence-electron chi connectivity index (χ2n) is 8.17. The number of benzene rings is 1. The molecule has 0 aliphatic carbocycles. The Morgan fingerprint density at radius 3 is 2.75 bits per heavy atom. The van der Waals surface area contributed by atoms with Gasteiger partial charge in [-0.05, 0) is 50.1 Å². The number of hydrogen-bond acceptors (Lipinski definition) is 5. The van der Waals surface area contributed by atoms with Gasteiger partial charge < -0.3 is 5.32 Å². The predicted molar refractivity (Wildman–Crippen MR) is 114 cm³/mol. The molecule has 1 aliphatic heterocycles. The summed E-state index contributed by atoms with van der Waals surface area (Å²) in [6.45, 7) is 2.49. The van der Waals surface area contributed by atoms with Gasteiger partial charge in [0.1, 0.15) is 0 Å². The number of nitrogens with one attached hydrogen (secondary N) is 1. The summed E-state index contributed by atoms with van der Waals surface area (Å²) >= 11 is 0. The molecule has 0 spiro atoms. The first kappa shape index (κ1) is 22.1. The molecule has 0 unspecified atom stereocenters. The Bertz CT molecular complexity index is 1210. The minimum absolute atomic E-state index is 0.0310. The molecule has 6 nitrogen and oxygen atoms in total. The van der Waals surface area contributed by atoms with Crippen molar-refractivity contribution >= 4 is 16.8 Å². The topological polar surface area (TPSA) is 76.9 Å². The summed E-state index contributed by atoms with van der Waals surface area (Å²) < 4.78 is 40.5. The van der Waals surface area contributed by atoms with E-state index in [2.05, 4.69) is 15.3 Å². The van der Waals surface area contributed by atoms with E-state index in [0.29, 0.717) is 17.5 Å². The normalized spacial score (nSPS) is 16.9. The Morgan fingerprint density at radius 2 is 2.03 bits per heavy atom. The summed E-state index contributed by atoms with van der Waals surface area (Å²) in [5.74, 6) is -0.0848. The highest BCUT2D eigenvalue weighted by molar-refractivity contribution is 5.82. The van der Waals surface area contributed by atoms with Gasteiger partial charge in [-0.3, -0.25) is 14.2 Å². The van der Waals surface area contributed by atoms with Crippen molar-refractivity contribution < 1.29 is 18.0 Å². The largest absolute Gasteiger partial charge is 0.416 e. The molecule has 1 saturated heterocycles. The van der Waals surface area contributed by atoms with Crippen molar-refractivity contribution in [1.29, 1.82) is 0 Å². The molecule has 2 aromatic heterocycles. The van der Waals surface area contributed by atoms with Crippen molar-refractivity contribution in [2.45, 2.75) is 51.4 Å². The molecule has 4 rings (SSSR count). The van der Waals surface area contributed by atoms with Crippen LogP contribution >= 0.6 is 0 Å². The third-order valence-corrected chi connectivity index (χ3v) is 5.69. The highest BCUT2D eigenvalue weighted by Gasteiger charge is 2.30. The number of pyridine rings is 1. The molecule has 1 aliphatic rings. The van der Waals surface area contributed by atoms with E-state index in [1.54, 1.807) is 13.0 Å². The van der Waals surface area contributed by atoms with Crippen molar-refractivity contribution in [2.75, 3.05) is 6.54 Å². The molecule has 1 aromatic carbocycles. The van der Waals surface area contributed by atoms with Crippen molar-refractivity contribution in [1.82, 2.24) is 19.9 Å². The van der Waals surface area contributed by atoms with Crippen molar-refractivity contribution in [3.8, 4) is 11.3 Å². The first-order chi connectivity index (χ1) is 15.2. The quantitative estimate of drug-likeness (QED) is 0.646. The average molecular weight is 444 g/mol. The summed E-state index contributed by atoms with van der Waals surface area (Å²) in [6.07, 6.45) is 0.278. The average Bonchev–Trinajstić information content (AvgIpc) is 2.76. The van der Waals surface area contributed by atoms with E-state index < -0.39 is 17.3 Å². The van der Waals surface area contributed by atoms with Crippen LogP contribution in [-0.4, -0.2) is 32.9 Å². The van der Waals surface area contributed by atoms with Crippen LogP contribution in [0.2, 0.25) is 0 Å². The summed E-state index contributed by atoms with van der Waals surface area (Å²) in [4.78, 5) is 34.1. The summed E-state index contributed by atoms with van der Waals surface area (Å²) in [7, 11) is 0. The number of halogens is 3. The zero-order valence-corrected chi connectivity index (χ0v) is 17.6. The van der Waals surface area contributed by atoms with Gasteiger partial charge in [-0.1, -0.05) is 18.6 Å². The number of aromatic nitrogens is 3. The third kappa shape index (κ3) is 4.72. The second kappa shape index (κ2) is 8.82. The molecule has 168 valence electrons. The van der Waals surface area contributed by atoms with Gasteiger partial charge in [0.25, 0.3) is 5.56 Å². The summed E-state index contributed by atoms with van der Waals surface area (Å²) in [6, 6.07) is 6.53. The highest BCUT2D eigenvalue weighted by Crippen LogP contribution is 2.32. The maximum atomic E-state index is 13.1. The SMILES string of the molecule is Cc1cc(-c2cccc(C(F)(F)F)c2)nc2c(=O)n(CC(=O)C[C@@H]3CCCCN3)cnc12. The standard InChI is InChI=1S/C23H23F3N4O2/c1-14-9-19(15-5-4-6-16(10-15)23(24,25)26)29-21-20(14)28-13-30(22(21)32)12-18(31)11-17-7-2-3-8-27-17/h4-6,9-10,13,17,27H,2-3,7-8,11-12H2,1H3/t17-/m0/s1. The van der Waals surface area contributed by atoms with Crippen LogP contribution in [0, 0.1) is 6.92 Å². The molecule has 1 N–H and O–H groups in total. The van der Waals surface area contributed by atoms with Crippen LogP contribution in [0.3, 0.4) is 0 Å². The van der Waals surface area contributed by atoms with Crippen molar-refractivity contribution in [3.63, 3.8) is 0 Å². The number of ketones is 1. The first-order valence-corrected chi connectivity index (χ1v) is 10.5. The monoisotopic (exact) mass is 444 g/mol. The van der Waals surface area contributed by atoms with E-state index in [0.717, 1.165) is 37.9 Å². The van der Waals surface area contributed by atoms with Gasteiger partial charge in [0, 0.05) is 18.0 Å². The van der Waals surface area contributed by atoms with Gasteiger partial charge in [0.2, 0.25) is 0 Å². The number of alkyl halides is 3. The number of carbonyl (C=O) groups excluding carboxylic acids is 1. The maximum Gasteiger partial charge on any atom is 0.416 e. The summed E-state index contributed by atoms with van der Waals surface area (Å²) in [5, 5.41) is 3.31. The Kier molecular flexibility index (Phi) is 6.10. The molecule has 3 aromatic rings. The number of nitrogens with zero attached hydrogens (tertiary/aromatic N) is 3. The zero-order valence-electron chi connectivity index (χ0n) is 17.6. The van der Waals surface area contributed by atoms with Crippen molar-refractivity contribution in [2.24, 2.45) is 0 Å². The van der Waals surface area contributed by atoms with E-state index in [-0.39, 0.29) is 35.1 Å². The van der Waals surface area contributed by atoms with Gasteiger partial charge >= 0.3 is 6.18 Å². The number of piperidine rings is 1. The fraction of sp³-hybridized carbons (Fsp3) is 0.391. The van der Waals surface area contributed by atoms with Crippen LogP contribution in [0.25, 0.3) is 22.3 Å². The molecule has 0 radical (unpaired) electrons. The van der Waals surface area contributed by atoms with Gasteiger partial charge in [-0.2, -0.15) is 13.2 Å². The molecule has 0 saturated carbocycles. The van der Waals surface area contributed by atoms with E-state index in [1.165, 1.54) is 23.0 Å². The van der Waals surface area contributed by atoms with Gasteiger partial charge in [0.05, 0.1) is 29.6 Å². The lowest BCUT2D eigenvalue weighted by Crippen LogP contribution is -2.37. The predicted octanol–water partition coefficient (Wildman–Crippen LogP) is 3.89. The first-order valence-electron chi connectivity index (χ1n) is 10.5. The van der Waals surface area contributed by atoms with Crippen LogP contribution < -0.4 is 10.9 Å². The fourth-order valence-corrected chi connectivity index (χ4v) is 4.04. The summed E-state index contributed by atoms with van der Waals surface area (Å²) in [5.41, 5.74) is 0.225. The maximum absolute atomic E-state index is 13.1. The van der Waals surface area contributed by atoms with E-state index in [4.69, 9.17) is 0 Å². The van der Waals surface area contributed by atoms with Crippen LogP contribution in [-0.2, 0) is 17.5 Å². The number of carbonyl (C=O) groups is 1. The fourth-order valence-electron chi connectivity index (χ4n) is 4.04. The number of aryl methyl sites for hydroxylation is 1. The molecule has 3 heterocycles. The molecule has 0 amide bonds. The lowest BCUT2D eigenvalue weighted by atomic mass is 10.00. The molecule has 1 atom stereocenters. The van der Waals surface area contributed by atoms with Crippen molar-refractivity contribution in [3.05, 3.63) is 58.1 Å². The van der Waals surface area contributed by atoms with Gasteiger partial charge in [-0.15, -0.1) is 0 Å². The van der Waals surface area contributed by atoms with Crippen LogP contribution in [0.5, 0.6) is 0 Å². The lowest BCUT2D eigenvalue weighted by Gasteiger charge is -2.22. The second-order valence-corrected chi connectivity index (χ2v) is 8.17. The molecule has 0 bridgehead atoms. The number of Topliss-reactive ketones (excluding diaryl/α,β-unsaturated/α-hetero) is 1. The number of fused-ring (bicyclic) bond motifs is 1. The molecule has 32 heavy (non-hydrogen) atoms. The minimum Gasteiger partial charge on any atom is -0.314 e. The lowest BCUT2D eigenvalue weighted by molar-refractivity contribution is -0.137. The van der Waals surface area contributed by atoms with Crippen LogP contribution in [0.4, 0.5) is 13.2 Å². The van der Waals surface area contributed by atoms with E-state index in [1.807, 2.05) is 0 Å². The zero-order chi connectivity index (χ0) is 22.9. The Hall–Kier alpha value is -3.07. The van der Waals surface area contributed by atoms with E-state index in [9.17, 15) is 22.8 Å². The van der Waals surface area contributed by atoms with Crippen LogP contribution in [0.1, 0.15) is 36.8 Å². The van der Waals surface area contributed by atoms with E-state index >= 15 is 0 Å². The Morgan fingerprint density at radius 1 is 1.22 bits per heavy atom. The highest BCUT2D eigenvalue weighted by atomic mass is 19.4.